The van der Waals surface area contributed by atoms with Crippen molar-refractivity contribution in [2.24, 2.45) is 5.92 Å². The molecule has 0 radical (unpaired) electrons. The Kier molecular flexibility index (Phi) is 2.32. The van der Waals surface area contributed by atoms with Gasteiger partial charge in [-0.05, 0) is 25.2 Å². The van der Waals surface area contributed by atoms with E-state index >= 15 is 0 Å². The van der Waals surface area contributed by atoms with Gasteiger partial charge in [-0.3, -0.25) is 0 Å². The minimum Gasteiger partial charge on any atom is -0.198 e. The van der Waals surface area contributed by atoms with E-state index < -0.39 is 0 Å². The highest BCUT2D eigenvalue weighted by atomic mass is 14.2. The van der Waals surface area contributed by atoms with Crippen molar-refractivity contribution in [1.29, 1.82) is 5.26 Å². The molecule has 0 aromatic heterocycles. The first-order valence-electron chi connectivity index (χ1n) is 3.47. The lowest BCUT2D eigenvalue weighted by molar-refractivity contribution is 0.551. The summed E-state index contributed by atoms with van der Waals surface area (Å²) >= 11 is 0. The van der Waals surface area contributed by atoms with Gasteiger partial charge in [-0.25, -0.2) is 0 Å². The number of nitrogens with zero attached hydrogens (tertiary/aromatic N) is 1. The zero-order chi connectivity index (χ0) is 6.53. The third-order valence-electron chi connectivity index (χ3n) is 1.71. The lowest BCUT2D eigenvalue weighted by atomic mass is 9.94. The largest absolute Gasteiger partial charge is 0.198 e. The predicted octanol–water partition coefficient (Wildman–Crippen LogP) is 2.26. The van der Waals surface area contributed by atoms with Gasteiger partial charge in [0.2, 0.25) is 0 Å². The first-order chi connectivity index (χ1) is 4.43. The van der Waals surface area contributed by atoms with Crippen LogP contribution in [0.15, 0.2) is 12.2 Å². The summed E-state index contributed by atoms with van der Waals surface area (Å²) in [5.74, 6) is 0.559. The monoisotopic (exact) mass is 121 g/mol. The molecule has 0 aliphatic heterocycles. The van der Waals surface area contributed by atoms with Gasteiger partial charge in [0.1, 0.15) is 0 Å². The molecule has 48 valence electrons. The maximum atomic E-state index is 8.33. The molecule has 0 aromatic carbocycles. The maximum absolute atomic E-state index is 8.33. The van der Waals surface area contributed by atoms with Crippen LogP contribution in [0, 0.1) is 17.2 Å². The zero-order valence-corrected chi connectivity index (χ0v) is 5.51. The number of hydrogen-bond acceptors (Lipinski definition) is 1. The van der Waals surface area contributed by atoms with E-state index in [9.17, 15) is 0 Å². The molecule has 9 heavy (non-hydrogen) atoms. The standard InChI is InChI=1S/C8H11N/c9-7-6-8-4-2-1-3-5-8/h2,4,8H,1,3,5-6H2. The second kappa shape index (κ2) is 3.29. The number of rotatable bonds is 1. The number of nitriles is 1. The van der Waals surface area contributed by atoms with Crippen LogP contribution in [0.4, 0.5) is 0 Å². The summed E-state index contributed by atoms with van der Waals surface area (Å²) in [4.78, 5) is 0. The van der Waals surface area contributed by atoms with E-state index in [0.717, 1.165) is 0 Å². The first kappa shape index (κ1) is 6.35. The molecule has 1 heteroatoms. The molecule has 0 heterocycles. The molecule has 0 fully saturated rings. The molecule has 1 rings (SSSR count). The summed E-state index contributed by atoms with van der Waals surface area (Å²) in [5.41, 5.74) is 0. The van der Waals surface area contributed by atoms with E-state index in [0.29, 0.717) is 12.3 Å². The van der Waals surface area contributed by atoms with E-state index in [4.69, 9.17) is 5.26 Å². The van der Waals surface area contributed by atoms with Crippen molar-refractivity contribution in [3.05, 3.63) is 12.2 Å². The van der Waals surface area contributed by atoms with E-state index in [1.54, 1.807) is 0 Å². The smallest absolute Gasteiger partial charge is 0.0627 e. The lowest BCUT2D eigenvalue weighted by Gasteiger charge is -2.11. The summed E-state index contributed by atoms with van der Waals surface area (Å²) < 4.78 is 0. The van der Waals surface area contributed by atoms with Crippen LogP contribution in [0.5, 0.6) is 0 Å². The summed E-state index contributed by atoms with van der Waals surface area (Å²) in [5, 5.41) is 8.33. The van der Waals surface area contributed by atoms with Gasteiger partial charge in [0.05, 0.1) is 6.07 Å². The Morgan fingerprint density at radius 1 is 1.67 bits per heavy atom. The number of allylic oxidation sites excluding steroid dienone is 2. The first-order valence-corrected chi connectivity index (χ1v) is 3.47. The van der Waals surface area contributed by atoms with Crippen molar-refractivity contribution < 1.29 is 0 Å². The van der Waals surface area contributed by atoms with Crippen LogP contribution in [0.25, 0.3) is 0 Å². The summed E-state index contributed by atoms with van der Waals surface area (Å²) in [6.45, 7) is 0. The second-order valence-electron chi connectivity index (χ2n) is 2.48. The third-order valence-corrected chi connectivity index (χ3v) is 1.71. The fourth-order valence-electron chi connectivity index (χ4n) is 1.17. The van der Waals surface area contributed by atoms with Crippen LogP contribution < -0.4 is 0 Å². The molecule has 1 nitrogen and oxygen atoms in total. The molecule has 0 spiro atoms. The fourth-order valence-corrected chi connectivity index (χ4v) is 1.17. The average molecular weight is 121 g/mol. The van der Waals surface area contributed by atoms with Gasteiger partial charge in [0.15, 0.2) is 0 Å². The zero-order valence-electron chi connectivity index (χ0n) is 5.51. The highest BCUT2D eigenvalue weighted by Crippen LogP contribution is 2.18. The van der Waals surface area contributed by atoms with Crippen molar-refractivity contribution >= 4 is 0 Å². The molecule has 0 aromatic rings. The van der Waals surface area contributed by atoms with Crippen LogP contribution in [-0.2, 0) is 0 Å². The molecule has 0 saturated carbocycles. The Bertz CT molecular complexity index is 141. The van der Waals surface area contributed by atoms with Gasteiger partial charge in [-0.15, -0.1) is 0 Å². The molecule has 1 atom stereocenters. The van der Waals surface area contributed by atoms with Gasteiger partial charge in [-0.1, -0.05) is 12.2 Å². The van der Waals surface area contributed by atoms with Crippen molar-refractivity contribution in [1.82, 2.24) is 0 Å². The lowest BCUT2D eigenvalue weighted by Crippen LogP contribution is -1.98. The van der Waals surface area contributed by atoms with E-state index in [1.165, 1.54) is 19.3 Å². The van der Waals surface area contributed by atoms with Crippen molar-refractivity contribution in [2.45, 2.75) is 25.7 Å². The van der Waals surface area contributed by atoms with Crippen LogP contribution in [0.3, 0.4) is 0 Å². The quantitative estimate of drug-likeness (QED) is 0.488. The highest BCUT2D eigenvalue weighted by Gasteiger charge is 2.05. The van der Waals surface area contributed by atoms with Crippen LogP contribution >= 0.6 is 0 Å². The van der Waals surface area contributed by atoms with E-state index in [-0.39, 0.29) is 0 Å². The molecule has 0 amide bonds. The van der Waals surface area contributed by atoms with Gasteiger partial charge in [0.25, 0.3) is 0 Å². The minimum absolute atomic E-state index is 0.559. The van der Waals surface area contributed by atoms with Gasteiger partial charge < -0.3 is 0 Å². The Balaban J connectivity index is 2.33. The maximum Gasteiger partial charge on any atom is 0.0627 e. The van der Waals surface area contributed by atoms with Gasteiger partial charge >= 0.3 is 0 Å². The summed E-state index contributed by atoms with van der Waals surface area (Å²) in [6.07, 6.45) is 8.75. The molecule has 1 aliphatic carbocycles. The van der Waals surface area contributed by atoms with Crippen molar-refractivity contribution in [3.8, 4) is 6.07 Å². The molecule has 0 saturated heterocycles. The predicted molar refractivity (Wildman–Crippen MR) is 36.7 cm³/mol. The normalized spacial score (nSPS) is 25.4. The van der Waals surface area contributed by atoms with E-state index in [2.05, 4.69) is 18.2 Å². The van der Waals surface area contributed by atoms with Crippen molar-refractivity contribution in [3.63, 3.8) is 0 Å². The number of hydrogen-bond donors (Lipinski definition) is 0. The molecular formula is C8H11N. The molecular weight excluding hydrogens is 110 g/mol. The van der Waals surface area contributed by atoms with E-state index in [1.807, 2.05) is 0 Å². The summed E-state index contributed by atoms with van der Waals surface area (Å²) in [6, 6.07) is 2.19. The molecule has 1 unspecified atom stereocenters. The van der Waals surface area contributed by atoms with Gasteiger partial charge in [0, 0.05) is 6.42 Å². The highest BCUT2D eigenvalue weighted by molar-refractivity contribution is 4.96. The van der Waals surface area contributed by atoms with Crippen LogP contribution in [0.2, 0.25) is 0 Å². The SMILES string of the molecule is N#CCC1C=CCCC1. The average Bonchev–Trinajstić information content (AvgIpc) is 1.91. The molecule has 1 aliphatic rings. The fraction of sp³-hybridized carbons (Fsp3) is 0.625. The second-order valence-corrected chi connectivity index (χ2v) is 2.48. The molecule has 0 bridgehead atoms. The van der Waals surface area contributed by atoms with Crippen LogP contribution in [0.1, 0.15) is 25.7 Å². The summed E-state index contributed by atoms with van der Waals surface area (Å²) in [7, 11) is 0. The Hall–Kier alpha value is -0.770. The van der Waals surface area contributed by atoms with Gasteiger partial charge in [-0.2, -0.15) is 5.26 Å². The molecule has 0 N–H and O–H groups in total. The van der Waals surface area contributed by atoms with Crippen molar-refractivity contribution in [2.75, 3.05) is 0 Å². The Morgan fingerprint density at radius 2 is 2.56 bits per heavy atom. The topological polar surface area (TPSA) is 23.8 Å². The minimum atomic E-state index is 0.559. The Morgan fingerprint density at radius 3 is 3.11 bits per heavy atom. The van der Waals surface area contributed by atoms with Crippen LogP contribution in [-0.4, -0.2) is 0 Å². The Labute approximate surface area is 56.0 Å². The third kappa shape index (κ3) is 1.89.